The molecule has 0 rings (SSSR count). The number of alkyl halides is 16. The van der Waals surface area contributed by atoms with Gasteiger partial charge in [-0.05, 0) is 0 Å². The molecule has 16 heteroatoms. The molecule has 0 saturated heterocycles. The lowest BCUT2D eigenvalue weighted by Gasteiger charge is -2.44. The first-order valence-electron chi connectivity index (χ1n) is 4.52. The zero-order valence-corrected chi connectivity index (χ0v) is 15.6. The van der Waals surface area contributed by atoms with Gasteiger partial charge in [-0.15, -0.1) is 0 Å². The van der Waals surface area contributed by atoms with Crippen LogP contribution in [0.2, 0.25) is 0 Å². The maximum absolute atomic E-state index is 13.8. The lowest BCUT2D eigenvalue weighted by atomic mass is 9.98. The van der Waals surface area contributed by atoms with E-state index < -0.39 is 35.6 Å². The number of hydrogen-bond acceptors (Lipinski definition) is 0. The SMILES string of the molecule is FC(F)(C(Cl)(Cl)Cl)C(F)(Cl)C(F)(F)C(F)(Cl)C(F)(F)C(Cl)(Cl)Cl. The monoisotopic (exact) mass is 516 g/mol. The molecule has 0 spiro atoms. The Morgan fingerprint density at radius 3 is 0.652 bits per heavy atom. The molecule has 0 aliphatic carbocycles. The summed E-state index contributed by atoms with van der Waals surface area (Å²) in [5, 5.41) is -12.1. The van der Waals surface area contributed by atoms with Gasteiger partial charge in [-0.3, -0.25) is 0 Å². The number of rotatable bonds is 4. The topological polar surface area (TPSA) is 0 Å². The standard InChI is InChI=1S/C7Cl8F8/c8-1(16,4(20,21)6(10,11)12)3(18,19)2(9,17)5(22,23)7(13,14)15. The van der Waals surface area contributed by atoms with E-state index in [2.05, 4.69) is 92.8 Å². The molecule has 0 saturated carbocycles. The van der Waals surface area contributed by atoms with Gasteiger partial charge in [0.15, 0.2) is 0 Å². The third kappa shape index (κ3) is 3.62. The molecule has 2 unspecified atom stereocenters. The van der Waals surface area contributed by atoms with Gasteiger partial charge in [-0.1, -0.05) is 92.8 Å². The molecule has 140 valence electrons. The van der Waals surface area contributed by atoms with Crippen LogP contribution < -0.4 is 0 Å². The Hall–Kier alpha value is 1.76. The summed E-state index contributed by atoms with van der Waals surface area (Å²) >= 11 is 35.8. The largest absolute Gasteiger partial charge is 0.354 e. The molecule has 0 aliphatic heterocycles. The van der Waals surface area contributed by atoms with Crippen molar-refractivity contribution < 1.29 is 35.1 Å². The van der Waals surface area contributed by atoms with E-state index in [-0.39, 0.29) is 0 Å². The van der Waals surface area contributed by atoms with Crippen LogP contribution in [0.25, 0.3) is 0 Å². The Bertz CT molecular complexity index is 410. The second-order valence-corrected chi connectivity index (χ2v) is 9.47. The predicted octanol–water partition coefficient (Wildman–Crippen LogP) is 7.44. The average Bonchev–Trinajstić information content (AvgIpc) is 2.24. The van der Waals surface area contributed by atoms with Gasteiger partial charge in [-0.2, -0.15) is 26.3 Å². The summed E-state index contributed by atoms with van der Waals surface area (Å²) in [5.41, 5.74) is 0. The first-order valence-corrected chi connectivity index (χ1v) is 7.55. The molecule has 0 nitrogen and oxygen atoms in total. The lowest BCUT2D eigenvalue weighted by molar-refractivity contribution is -0.278. The van der Waals surface area contributed by atoms with Crippen molar-refractivity contribution in [3.8, 4) is 0 Å². The molecule has 0 aromatic rings. The molecule has 0 aliphatic rings. The molecule has 23 heavy (non-hydrogen) atoms. The molecule has 0 aromatic carbocycles. The fourth-order valence-corrected chi connectivity index (χ4v) is 2.61. The Balaban J connectivity index is 6.37. The van der Waals surface area contributed by atoms with Crippen molar-refractivity contribution >= 4 is 92.8 Å². The van der Waals surface area contributed by atoms with Gasteiger partial charge in [0.2, 0.25) is 0 Å². The molecule has 2 atom stereocenters. The van der Waals surface area contributed by atoms with Gasteiger partial charge >= 0.3 is 28.0 Å². The maximum atomic E-state index is 13.8. The second kappa shape index (κ2) is 6.43. The van der Waals surface area contributed by atoms with Crippen molar-refractivity contribution in [1.29, 1.82) is 0 Å². The van der Waals surface area contributed by atoms with E-state index in [0.29, 0.717) is 0 Å². The van der Waals surface area contributed by atoms with Crippen molar-refractivity contribution in [3.05, 3.63) is 0 Å². The summed E-state index contributed by atoms with van der Waals surface area (Å²) in [7, 11) is 0. The first-order chi connectivity index (χ1) is 9.50. The Morgan fingerprint density at radius 2 is 0.522 bits per heavy atom. The summed E-state index contributed by atoms with van der Waals surface area (Å²) < 4.78 is 100. The van der Waals surface area contributed by atoms with Crippen molar-refractivity contribution in [3.63, 3.8) is 0 Å². The second-order valence-electron chi connectivity index (χ2n) is 3.87. The predicted molar refractivity (Wildman–Crippen MR) is 74.8 cm³/mol. The maximum Gasteiger partial charge on any atom is 0.354 e. The van der Waals surface area contributed by atoms with Gasteiger partial charge in [0.05, 0.1) is 0 Å². The third-order valence-electron chi connectivity index (χ3n) is 2.29. The minimum Gasteiger partial charge on any atom is -0.212 e. The highest BCUT2D eigenvalue weighted by Crippen LogP contribution is 2.65. The van der Waals surface area contributed by atoms with Crippen LogP contribution in [-0.2, 0) is 0 Å². The Labute approximate surface area is 163 Å². The quantitative estimate of drug-likeness (QED) is 0.267. The van der Waals surface area contributed by atoms with Gasteiger partial charge in [0, 0.05) is 0 Å². The van der Waals surface area contributed by atoms with E-state index in [4.69, 9.17) is 0 Å². The normalized spacial score (nSPS) is 20.9. The minimum absolute atomic E-state index is 4.21. The molecule has 0 radical (unpaired) electrons. The average molecular weight is 520 g/mol. The van der Waals surface area contributed by atoms with Crippen LogP contribution in [0.4, 0.5) is 35.1 Å². The Morgan fingerprint density at radius 1 is 0.348 bits per heavy atom. The summed E-state index contributed by atoms with van der Waals surface area (Å²) in [6.45, 7) is 0. The van der Waals surface area contributed by atoms with Crippen LogP contribution in [0.3, 0.4) is 0 Å². The molecule has 0 fully saturated rings. The molecule has 0 amide bonds. The smallest absolute Gasteiger partial charge is 0.212 e. The lowest BCUT2D eigenvalue weighted by Crippen LogP contribution is -2.70. The van der Waals surface area contributed by atoms with Crippen LogP contribution in [-0.4, -0.2) is 35.6 Å². The van der Waals surface area contributed by atoms with E-state index in [1.54, 1.807) is 0 Å². The minimum atomic E-state index is -6.63. The zero-order chi connectivity index (χ0) is 19.5. The molecule has 0 heterocycles. The van der Waals surface area contributed by atoms with E-state index in [0.717, 1.165) is 0 Å². The molecular formula is C7Cl8F8. The van der Waals surface area contributed by atoms with Crippen LogP contribution in [0.15, 0.2) is 0 Å². The van der Waals surface area contributed by atoms with Gasteiger partial charge in [0.25, 0.3) is 7.59 Å². The van der Waals surface area contributed by atoms with Gasteiger partial charge < -0.3 is 0 Å². The van der Waals surface area contributed by atoms with Crippen molar-refractivity contribution in [2.45, 2.75) is 35.6 Å². The third-order valence-corrected chi connectivity index (χ3v) is 4.66. The van der Waals surface area contributed by atoms with Crippen LogP contribution in [0, 0.1) is 0 Å². The highest BCUT2D eigenvalue weighted by Gasteiger charge is 2.88. The van der Waals surface area contributed by atoms with Gasteiger partial charge in [0.1, 0.15) is 0 Å². The van der Waals surface area contributed by atoms with E-state index in [1.165, 1.54) is 0 Å². The molecule has 0 aromatic heterocycles. The molecule has 0 N–H and O–H groups in total. The zero-order valence-electron chi connectivity index (χ0n) is 9.55. The van der Waals surface area contributed by atoms with Crippen molar-refractivity contribution in [2.75, 3.05) is 0 Å². The summed E-state index contributed by atoms with van der Waals surface area (Å²) in [6.07, 6.45) is 0. The summed E-state index contributed by atoms with van der Waals surface area (Å²) in [6, 6.07) is 0. The summed E-state index contributed by atoms with van der Waals surface area (Å²) in [5.74, 6) is -18.5. The number of hydrogen-bond donors (Lipinski definition) is 0. The van der Waals surface area contributed by atoms with E-state index in [1.807, 2.05) is 0 Å². The highest BCUT2D eigenvalue weighted by atomic mass is 35.6. The van der Waals surface area contributed by atoms with Crippen LogP contribution in [0.1, 0.15) is 0 Å². The first kappa shape index (κ1) is 24.8. The Kier molecular flexibility index (Phi) is 6.92. The van der Waals surface area contributed by atoms with Crippen LogP contribution >= 0.6 is 92.8 Å². The van der Waals surface area contributed by atoms with Crippen molar-refractivity contribution in [1.82, 2.24) is 0 Å². The van der Waals surface area contributed by atoms with Crippen molar-refractivity contribution in [2.24, 2.45) is 0 Å². The molecular weight excluding hydrogens is 520 g/mol. The van der Waals surface area contributed by atoms with E-state index in [9.17, 15) is 35.1 Å². The molecule has 0 bridgehead atoms. The van der Waals surface area contributed by atoms with E-state index >= 15 is 0 Å². The summed E-state index contributed by atoms with van der Waals surface area (Å²) in [4.78, 5) is 0. The van der Waals surface area contributed by atoms with Crippen LogP contribution in [0.5, 0.6) is 0 Å². The van der Waals surface area contributed by atoms with Gasteiger partial charge in [-0.25, -0.2) is 8.78 Å². The fraction of sp³-hybridized carbons (Fsp3) is 1.00. The number of halogens is 16. The fourth-order valence-electron chi connectivity index (χ4n) is 0.948. The highest BCUT2D eigenvalue weighted by molar-refractivity contribution is 6.69.